The van der Waals surface area contributed by atoms with E-state index >= 15 is 0 Å². The summed E-state index contributed by atoms with van der Waals surface area (Å²) in [6.45, 7) is 14.3. The molecule has 152 valence electrons. The van der Waals surface area contributed by atoms with Gasteiger partial charge in [-0.05, 0) is 18.3 Å². The van der Waals surface area contributed by atoms with Crippen LogP contribution >= 0.6 is 12.6 Å². The van der Waals surface area contributed by atoms with Crippen LogP contribution in [0.5, 0.6) is 0 Å². The maximum absolute atomic E-state index is 11.5. The van der Waals surface area contributed by atoms with E-state index in [4.69, 9.17) is 18.9 Å². The Labute approximate surface area is 163 Å². The third-order valence-electron chi connectivity index (χ3n) is 6.59. The first kappa shape index (κ1) is 22.0. The molecule has 4 unspecified atom stereocenters. The highest BCUT2D eigenvalue weighted by atomic mass is 32.1. The Morgan fingerprint density at radius 2 is 1.42 bits per heavy atom. The maximum Gasteiger partial charge on any atom is 0.303 e. The summed E-state index contributed by atoms with van der Waals surface area (Å²) >= 11 is 4.44. The Morgan fingerprint density at radius 1 is 0.885 bits per heavy atom. The molecule has 26 heavy (non-hydrogen) atoms. The molecule has 0 aromatic carbocycles. The lowest BCUT2D eigenvalue weighted by molar-refractivity contribution is -0.343. The van der Waals surface area contributed by atoms with Crippen molar-refractivity contribution in [1.29, 1.82) is 0 Å². The minimum absolute atomic E-state index is 0.0848. The topological polar surface area (TPSA) is 54.0 Å². The van der Waals surface area contributed by atoms with Crippen molar-refractivity contribution in [3.8, 4) is 0 Å². The summed E-state index contributed by atoms with van der Waals surface area (Å²) in [5.74, 6) is 1.88. The first-order valence-electron chi connectivity index (χ1n) is 9.95. The van der Waals surface area contributed by atoms with E-state index in [1.165, 1.54) is 6.92 Å². The number of carbonyl (C=O) groups is 1. The lowest BCUT2D eigenvalue weighted by Gasteiger charge is -2.48. The number of carbonyl (C=O) groups excluding carboxylic acids is 1. The summed E-state index contributed by atoms with van der Waals surface area (Å²) in [6.07, 6.45) is -0.215. The molecule has 0 saturated carbocycles. The van der Waals surface area contributed by atoms with Gasteiger partial charge in [0, 0.05) is 30.4 Å². The van der Waals surface area contributed by atoms with Gasteiger partial charge in [0.15, 0.2) is 12.6 Å². The van der Waals surface area contributed by atoms with Gasteiger partial charge in [-0.3, -0.25) is 4.79 Å². The third kappa shape index (κ3) is 4.57. The fourth-order valence-corrected chi connectivity index (χ4v) is 4.52. The summed E-state index contributed by atoms with van der Waals surface area (Å²) in [4.78, 5) is 11.5. The maximum atomic E-state index is 11.5. The van der Waals surface area contributed by atoms with Crippen LogP contribution in [0.25, 0.3) is 0 Å². The van der Waals surface area contributed by atoms with Gasteiger partial charge in [0.1, 0.15) is 6.10 Å². The zero-order valence-electron chi connectivity index (χ0n) is 17.2. The van der Waals surface area contributed by atoms with Gasteiger partial charge in [-0.15, -0.1) is 0 Å². The molecule has 0 aromatic heterocycles. The van der Waals surface area contributed by atoms with E-state index < -0.39 is 0 Å². The van der Waals surface area contributed by atoms with Crippen molar-refractivity contribution in [2.75, 3.05) is 5.75 Å². The van der Waals surface area contributed by atoms with E-state index in [1.54, 1.807) is 0 Å². The molecule has 0 aromatic rings. The van der Waals surface area contributed by atoms with Crippen LogP contribution in [0.4, 0.5) is 0 Å². The SMILES string of the molecule is CCC1O[C@H](O[C@H]2OC(CS)[C@@H](C)[C@H](C)C2C)[C@H](C)C(C)[C@@H]1OC(C)=O. The lowest BCUT2D eigenvalue weighted by Crippen LogP contribution is -2.54. The first-order valence-corrected chi connectivity index (χ1v) is 10.6. The molecule has 0 amide bonds. The summed E-state index contributed by atoms with van der Waals surface area (Å²) in [5.41, 5.74) is 0. The molecule has 0 aliphatic carbocycles. The molecule has 2 fully saturated rings. The average Bonchev–Trinajstić information content (AvgIpc) is 2.61. The van der Waals surface area contributed by atoms with Gasteiger partial charge in [-0.2, -0.15) is 12.6 Å². The second-order valence-electron chi connectivity index (χ2n) is 8.18. The first-order chi connectivity index (χ1) is 12.2. The standard InChI is InChI=1S/C20H36O5S/c1-8-16-18(22-15(7)21)12(4)14(6)20(23-16)25-19-13(5)10(2)11(3)17(9-26)24-19/h10-14,16-20,26H,8-9H2,1-7H3/t10-,11-,12?,13?,14+,16?,17?,18-,19+,20+/m0/s1. The van der Waals surface area contributed by atoms with Crippen molar-refractivity contribution in [3.63, 3.8) is 0 Å². The normalized spacial score (nSPS) is 46.8. The fraction of sp³-hybridized carbons (Fsp3) is 0.950. The zero-order valence-corrected chi connectivity index (χ0v) is 18.1. The number of rotatable bonds is 5. The van der Waals surface area contributed by atoms with Crippen molar-refractivity contribution < 1.29 is 23.7 Å². The molecule has 0 N–H and O–H groups in total. The quantitative estimate of drug-likeness (QED) is 0.572. The van der Waals surface area contributed by atoms with Crippen LogP contribution in [-0.2, 0) is 23.7 Å². The van der Waals surface area contributed by atoms with Gasteiger partial charge >= 0.3 is 5.97 Å². The molecule has 2 aliphatic rings. The summed E-state index contributed by atoms with van der Waals surface area (Å²) < 4.78 is 24.3. The molecule has 0 radical (unpaired) electrons. The van der Waals surface area contributed by atoms with Crippen molar-refractivity contribution in [3.05, 3.63) is 0 Å². The Bertz CT molecular complexity index is 469. The van der Waals surface area contributed by atoms with Gasteiger partial charge in [-0.1, -0.05) is 41.5 Å². The molecule has 0 bridgehead atoms. The van der Waals surface area contributed by atoms with Gasteiger partial charge in [0.2, 0.25) is 0 Å². The van der Waals surface area contributed by atoms with Crippen molar-refractivity contribution in [2.24, 2.45) is 29.6 Å². The second-order valence-corrected chi connectivity index (χ2v) is 8.55. The smallest absolute Gasteiger partial charge is 0.303 e. The van der Waals surface area contributed by atoms with Crippen LogP contribution in [0, 0.1) is 29.6 Å². The molecule has 2 rings (SSSR count). The molecular formula is C20H36O5S. The Balaban J connectivity index is 2.10. The molecular weight excluding hydrogens is 352 g/mol. The summed E-state index contributed by atoms with van der Waals surface area (Å²) in [7, 11) is 0. The van der Waals surface area contributed by atoms with Crippen molar-refractivity contribution in [2.45, 2.75) is 85.8 Å². The van der Waals surface area contributed by atoms with E-state index in [9.17, 15) is 4.79 Å². The van der Waals surface area contributed by atoms with Crippen molar-refractivity contribution >= 4 is 18.6 Å². The molecule has 5 nitrogen and oxygen atoms in total. The van der Waals surface area contributed by atoms with Crippen LogP contribution in [0.3, 0.4) is 0 Å². The van der Waals surface area contributed by atoms with E-state index in [2.05, 4.69) is 47.2 Å². The van der Waals surface area contributed by atoms with E-state index in [0.717, 1.165) is 6.42 Å². The fourth-order valence-electron chi connectivity index (χ4n) is 4.10. The van der Waals surface area contributed by atoms with E-state index in [1.807, 2.05) is 6.92 Å². The molecule has 0 spiro atoms. The van der Waals surface area contributed by atoms with Crippen LogP contribution in [0.2, 0.25) is 0 Å². The number of thiol groups is 1. The second kappa shape index (κ2) is 9.26. The highest BCUT2D eigenvalue weighted by Gasteiger charge is 2.46. The minimum Gasteiger partial charge on any atom is -0.459 e. The number of ether oxygens (including phenoxy) is 4. The zero-order chi connectivity index (χ0) is 19.6. The summed E-state index contributed by atoms with van der Waals surface area (Å²) in [6, 6.07) is 0. The van der Waals surface area contributed by atoms with Crippen LogP contribution < -0.4 is 0 Å². The average molecular weight is 389 g/mol. The third-order valence-corrected chi connectivity index (χ3v) is 6.95. The Morgan fingerprint density at radius 3 is 1.92 bits per heavy atom. The monoisotopic (exact) mass is 388 g/mol. The highest BCUT2D eigenvalue weighted by Crippen LogP contribution is 2.40. The van der Waals surface area contributed by atoms with E-state index in [-0.39, 0.29) is 54.6 Å². The minimum atomic E-state index is -0.365. The molecule has 2 heterocycles. The number of esters is 1. The molecule has 6 heteroatoms. The lowest BCUT2D eigenvalue weighted by atomic mass is 9.79. The van der Waals surface area contributed by atoms with E-state index in [0.29, 0.717) is 17.6 Å². The Kier molecular flexibility index (Phi) is 7.84. The number of hydrogen-bond donors (Lipinski definition) is 1. The van der Waals surface area contributed by atoms with Gasteiger partial charge < -0.3 is 18.9 Å². The molecule has 10 atom stereocenters. The highest BCUT2D eigenvalue weighted by molar-refractivity contribution is 7.80. The van der Waals surface area contributed by atoms with Gasteiger partial charge in [0.25, 0.3) is 0 Å². The van der Waals surface area contributed by atoms with Crippen molar-refractivity contribution in [1.82, 2.24) is 0 Å². The van der Waals surface area contributed by atoms with Crippen LogP contribution in [0.15, 0.2) is 0 Å². The largest absolute Gasteiger partial charge is 0.459 e. The van der Waals surface area contributed by atoms with Crippen LogP contribution in [-0.4, -0.2) is 42.6 Å². The summed E-state index contributed by atoms with van der Waals surface area (Å²) in [5, 5.41) is 0. The predicted octanol–water partition coefficient (Wildman–Crippen LogP) is 3.90. The van der Waals surface area contributed by atoms with Gasteiger partial charge in [0.05, 0.1) is 12.2 Å². The molecule has 2 aliphatic heterocycles. The Hall–Kier alpha value is -0.300. The molecule has 2 saturated heterocycles. The van der Waals surface area contributed by atoms with Crippen LogP contribution in [0.1, 0.15) is 54.9 Å². The number of hydrogen-bond acceptors (Lipinski definition) is 6. The van der Waals surface area contributed by atoms with Gasteiger partial charge in [-0.25, -0.2) is 0 Å². The predicted molar refractivity (Wildman–Crippen MR) is 104 cm³/mol.